The summed E-state index contributed by atoms with van der Waals surface area (Å²) in [6.45, 7) is 0.308. The predicted octanol–water partition coefficient (Wildman–Crippen LogP) is 3.41. The Labute approximate surface area is 125 Å². The zero-order chi connectivity index (χ0) is 14.7. The topological polar surface area (TPSA) is 29.5 Å². The monoisotopic (exact) mass is 281 g/mol. The van der Waals surface area contributed by atoms with E-state index in [0.29, 0.717) is 18.2 Å². The number of likely N-dealkylation sites (N-methyl/N-ethyl adjacent to an activating group) is 1. The second-order valence-electron chi connectivity index (χ2n) is 5.45. The largest absolute Gasteiger partial charge is 0.456 e. The fourth-order valence-corrected chi connectivity index (χ4v) is 2.47. The summed E-state index contributed by atoms with van der Waals surface area (Å²) in [5.41, 5.74) is 2.76. The third-order valence-electron chi connectivity index (χ3n) is 3.75. The van der Waals surface area contributed by atoms with Gasteiger partial charge in [0.2, 0.25) is 0 Å². The number of ether oxygens (including phenoxy) is 1. The molecule has 3 heteroatoms. The van der Waals surface area contributed by atoms with E-state index in [1.165, 1.54) is 0 Å². The molecule has 0 radical (unpaired) electrons. The van der Waals surface area contributed by atoms with Gasteiger partial charge >= 0.3 is 5.97 Å². The molecule has 0 spiro atoms. The van der Waals surface area contributed by atoms with Gasteiger partial charge < -0.3 is 9.64 Å². The maximum atomic E-state index is 12.5. The van der Waals surface area contributed by atoms with E-state index >= 15 is 0 Å². The Bertz CT molecular complexity index is 609. The average Bonchev–Trinajstić information content (AvgIpc) is 3.33. The van der Waals surface area contributed by atoms with Crippen molar-refractivity contribution in [1.29, 1.82) is 0 Å². The third kappa shape index (κ3) is 3.24. The molecule has 3 nitrogen and oxygen atoms in total. The van der Waals surface area contributed by atoms with Crippen LogP contribution >= 0.6 is 0 Å². The van der Waals surface area contributed by atoms with Crippen LogP contribution in [0.2, 0.25) is 0 Å². The number of carbonyl (C=O) groups is 1. The van der Waals surface area contributed by atoms with Gasteiger partial charge in [0.15, 0.2) is 0 Å². The van der Waals surface area contributed by atoms with Crippen LogP contribution in [0.5, 0.6) is 0 Å². The van der Waals surface area contributed by atoms with Gasteiger partial charge in [-0.25, -0.2) is 4.79 Å². The molecular formula is C18H19NO2. The Morgan fingerprint density at radius 1 is 1.24 bits per heavy atom. The van der Waals surface area contributed by atoms with Crippen molar-refractivity contribution in [2.75, 3.05) is 7.05 Å². The SMILES string of the molecule is CN1C=CC=CC(C2CC2)=C1C(=O)OCc1ccccc1. The van der Waals surface area contributed by atoms with E-state index in [0.717, 1.165) is 24.0 Å². The maximum absolute atomic E-state index is 12.5. The van der Waals surface area contributed by atoms with Gasteiger partial charge in [0.1, 0.15) is 12.3 Å². The van der Waals surface area contributed by atoms with Crippen molar-refractivity contribution in [2.45, 2.75) is 19.4 Å². The van der Waals surface area contributed by atoms with Crippen LogP contribution in [0, 0.1) is 5.92 Å². The molecular weight excluding hydrogens is 262 g/mol. The summed E-state index contributed by atoms with van der Waals surface area (Å²) in [5, 5.41) is 0. The van der Waals surface area contributed by atoms with Gasteiger partial charge in [-0.15, -0.1) is 0 Å². The lowest BCUT2D eigenvalue weighted by Crippen LogP contribution is -2.22. The zero-order valence-electron chi connectivity index (χ0n) is 12.2. The van der Waals surface area contributed by atoms with Gasteiger partial charge in [0, 0.05) is 13.2 Å². The molecule has 0 N–H and O–H groups in total. The van der Waals surface area contributed by atoms with Gasteiger partial charge in [0.05, 0.1) is 0 Å². The summed E-state index contributed by atoms with van der Waals surface area (Å²) in [7, 11) is 1.89. The summed E-state index contributed by atoms with van der Waals surface area (Å²) < 4.78 is 5.50. The minimum absolute atomic E-state index is 0.251. The van der Waals surface area contributed by atoms with E-state index < -0.39 is 0 Å². The molecule has 0 saturated heterocycles. The van der Waals surface area contributed by atoms with Crippen LogP contribution in [-0.4, -0.2) is 17.9 Å². The summed E-state index contributed by atoms with van der Waals surface area (Å²) in [5.74, 6) is 0.252. The first-order chi connectivity index (χ1) is 10.3. The summed E-state index contributed by atoms with van der Waals surface area (Å²) in [6, 6.07) is 9.76. The molecule has 0 atom stereocenters. The minimum Gasteiger partial charge on any atom is -0.456 e. The second-order valence-corrected chi connectivity index (χ2v) is 5.45. The van der Waals surface area contributed by atoms with E-state index in [4.69, 9.17) is 4.74 Å². The molecule has 1 aromatic carbocycles. The lowest BCUT2D eigenvalue weighted by molar-refractivity contribution is -0.141. The molecule has 0 amide bonds. The van der Waals surface area contributed by atoms with Gasteiger partial charge in [-0.3, -0.25) is 0 Å². The number of benzene rings is 1. The molecule has 108 valence electrons. The standard InChI is InChI=1S/C18H19NO2/c1-19-12-6-5-9-16(15-10-11-15)17(19)18(20)21-13-14-7-3-2-4-8-14/h2-9,12,15H,10-11,13H2,1H3. The number of hydrogen-bond donors (Lipinski definition) is 0. The molecule has 0 bridgehead atoms. The van der Waals surface area contributed by atoms with E-state index in [1.54, 1.807) is 0 Å². The fourth-order valence-electron chi connectivity index (χ4n) is 2.47. The smallest absolute Gasteiger partial charge is 0.355 e. The van der Waals surface area contributed by atoms with E-state index in [1.807, 2.05) is 66.7 Å². The van der Waals surface area contributed by atoms with Crippen LogP contribution < -0.4 is 0 Å². The van der Waals surface area contributed by atoms with E-state index in [-0.39, 0.29) is 5.97 Å². The molecule has 2 aliphatic rings. The summed E-state index contributed by atoms with van der Waals surface area (Å²) >= 11 is 0. The first-order valence-electron chi connectivity index (χ1n) is 7.28. The molecule has 1 aliphatic carbocycles. The normalized spacial score (nSPS) is 17.9. The molecule has 21 heavy (non-hydrogen) atoms. The van der Waals surface area contributed by atoms with Gasteiger partial charge in [-0.05, 0) is 36.0 Å². The minimum atomic E-state index is -0.251. The highest BCUT2D eigenvalue weighted by atomic mass is 16.5. The Kier molecular flexibility index (Phi) is 3.91. The Balaban J connectivity index is 1.77. The Morgan fingerprint density at radius 3 is 2.71 bits per heavy atom. The van der Waals surface area contributed by atoms with Crippen molar-refractivity contribution < 1.29 is 9.53 Å². The average molecular weight is 281 g/mol. The van der Waals surface area contributed by atoms with Crippen LogP contribution in [0.25, 0.3) is 0 Å². The molecule has 0 aromatic heterocycles. The van der Waals surface area contributed by atoms with Gasteiger partial charge in [-0.2, -0.15) is 0 Å². The summed E-state index contributed by atoms with van der Waals surface area (Å²) in [4.78, 5) is 14.3. The maximum Gasteiger partial charge on any atom is 0.355 e. The fraction of sp³-hybridized carbons (Fsp3) is 0.278. The van der Waals surface area contributed by atoms with Crippen LogP contribution in [0.4, 0.5) is 0 Å². The van der Waals surface area contributed by atoms with E-state index in [2.05, 4.69) is 0 Å². The number of hydrogen-bond acceptors (Lipinski definition) is 3. The lowest BCUT2D eigenvalue weighted by Gasteiger charge is -2.19. The van der Waals surface area contributed by atoms with Gasteiger partial charge in [0.25, 0.3) is 0 Å². The molecule has 0 unspecified atom stereocenters. The van der Waals surface area contributed by atoms with E-state index in [9.17, 15) is 4.79 Å². The Hall–Kier alpha value is -2.29. The highest BCUT2D eigenvalue weighted by Gasteiger charge is 2.31. The highest BCUT2D eigenvalue weighted by molar-refractivity contribution is 5.90. The zero-order valence-corrected chi connectivity index (χ0v) is 12.2. The third-order valence-corrected chi connectivity index (χ3v) is 3.75. The van der Waals surface area contributed by atoms with Crippen molar-refractivity contribution in [3.8, 4) is 0 Å². The van der Waals surface area contributed by atoms with Crippen LogP contribution in [0.15, 0.2) is 66.0 Å². The Morgan fingerprint density at radius 2 is 2.00 bits per heavy atom. The number of esters is 1. The molecule has 1 aliphatic heterocycles. The number of nitrogens with zero attached hydrogens (tertiary/aromatic N) is 1. The highest BCUT2D eigenvalue weighted by Crippen LogP contribution is 2.40. The number of carbonyl (C=O) groups excluding carboxylic acids is 1. The first kappa shape index (κ1) is 13.7. The lowest BCUT2D eigenvalue weighted by atomic mass is 10.1. The second kappa shape index (κ2) is 6.00. The van der Waals surface area contributed by atoms with Crippen LogP contribution in [0.3, 0.4) is 0 Å². The molecule has 3 rings (SSSR count). The van der Waals surface area contributed by atoms with Crippen LogP contribution in [0.1, 0.15) is 18.4 Å². The van der Waals surface area contributed by atoms with Crippen molar-refractivity contribution in [1.82, 2.24) is 4.90 Å². The predicted molar refractivity (Wildman–Crippen MR) is 82.0 cm³/mol. The summed E-state index contributed by atoms with van der Waals surface area (Å²) in [6.07, 6.45) is 10.2. The van der Waals surface area contributed by atoms with Crippen molar-refractivity contribution in [3.63, 3.8) is 0 Å². The van der Waals surface area contributed by atoms with Crippen molar-refractivity contribution in [2.24, 2.45) is 5.92 Å². The number of allylic oxidation sites excluding steroid dienone is 4. The van der Waals surface area contributed by atoms with Crippen molar-refractivity contribution in [3.05, 3.63) is 71.6 Å². The molecule has 1 heterocycles. The molecule has 1 aromatic rings. The van der Waals surface area contributed by atoms with Crippen molar-refractivity contribution >= 4 is 5.97 Å². The van der Waals surface area contributed by atoms with Crippen LogP contribution in [-0.2, 0) is 16.1 Å². The number of rotatable bonds is 4. The first-order valence-corrected chi connectivity index (χ1v) is 7.28. The molecule has 1 saturated carbocycles. The van der Waals surface area contributed by atoms with Gasteiger partial charge in [-0.1, -0.05) is 42.5 Å². The quantitative estimate of drug-likeness (QED) is 0.792. The molecule has 1 fully saturated rings.